The highest BCUT2D eigenvalue weighted by Crippen LogP contribution is 2.37. The molecule has 1 aromatic rings. The number of methoxy groups -OCH3 is 2. The highest BCUT2D eigenvalue weighted by molar-refractivity contribution is 6.42. The van der Waals surface area contributed by atoms with E-state index in [-0.39, 0.29) is 18.0 Å². The van der Waals surface area contributed by atoms with Crippen molar-refractivity contribution >= 4 is 29.1 Å². The van der Waals surface area contributed by atoms with Crippen LogP contribution in [0, 0.1) is 0 Å². The number of carbonyl (C=O) groups is 1. The Morgan fingerprint density at radius 2 is 1.89 bits per heavy atom. The Kier molecular flexibility index (Phi) is 7.26. The van der Waals surface area contributed by atoms with Gasteiger partial charge in [-0.25, -0.2) is 0 Å². The summed E-state index contributed by atoms with van der Waals surface area (Å²) in [6.07, 6.45) is 5.13. The van der Waals surface area contributed by atoms with Gasteiger partial charge in [-0.1, -0.05) is 29.3 Å². The molecule has 1 saturated heterocycles. The number of benzene rings is 1. The van der Waals surface area contributed by atoms with Crippen molar-refractivity contribution in [3.05, 3.63) is 33.8 Å². The number of likely N-dealkylation sites (N-methyl/N-ethyl adjacent to an activating group) is 1. The van der Waals surface area contributed by atoms with Crippen LogP contribution in [-0.2, 0) is 20.7 Å². The molecule has 3 rings (SSSR count). The van der Waals surface area contributed by atoms with Crippen LogP contribution in [0.2, 0.25) is 10.0 Å². The third-order valence-electron chi connectivity index (χ3n) is 6.37. The number of amides is 1. The first-order valence-corrected chi connectivity index (χ1v) is 10.7. The van der Waals surface area contributed by atoms with Crippen molar-refractivity contribution in [2.24, 2.45) is 0 Å². The fourth-order valence-corrected chi connectivity index (χ4v) is 4.92. The average molecular weight is 429 g/mol. The van der Waals surface area contributed by atoms with E-state index in [0.717, 1.165) is 37.9 Å². The lowest BCUT2D eigenvalue weighted by atomic mass is 9.83. The Morgan fingerprint density at radius 3 is 2.50 bits per heavy atom. The van der Waals surface area contributed by atoms with E-state index in [1.165, 1.54) is 12.8 Å². The summed E-state index contributed by atoms with van der Waals surface area (Å²) in [4.78, 5) is 17.5. The molecule has 1 aliphatic heterocycles. The third-order valence-corrected chi connectivity index (χ3v) is 7.11. The van der Waals surface area contributed by atoms with Crippen LogP contribution in [0.25, 0.3) is 0 Å². The molecule has 0 aromatic heterocycles. The largest absolute Gasteiger partial charge is 0.353 e. The zero-order valence-electron chi connectivity index (χ0n) is 16.9. The van der Waals surface area contributed by atoms with Crippen molar-refractivity contribution < 1.29 is 14.3 Å². The molecule has 1 amide bonds. The molecule has 5 nitrogen and oxygen atoms in total. The van der Waals surface area contributed by atoms with Gasteiger partial charge in [0.15, 0.2) is 5.79 Å². The van der Waals surface area contributed by atoms with Gasteiger partial charge in [0.05, 0.1) is 16.5 Å². The molecule has 0 unspecified atom stereocenters. The highest BCUT2D eigenvalue weighted by atomic mass is 35.5. The summed E-state index contributed by atoms with van der Waals surface area (Å²) in [5.41, 5.74) is 0.878. The maximum atomic E-state index is 13.0. The first-order valence-electron chi connectivity index (χ1n) is 9.93. The molecular formula is C21H30Cl2N2O3. The summed E-state index contributed by atoms with van der Waals surface area (Å²) in [5.74, 6) is -0.466. The predicted octanol–water partition coefficient (Wildman–Crippen LogP) is 4.00. The summed E-state index contributed by atoms with van der Waals surface area (Å²) in [6.45, 7) is 2.14. The standard InChI is InChI=1S/C21H30Cl2N2O3/c1-24(20(26)13-15-6-7-16(22)17(23)12-15)18-8-9-21(27-2,28-3)14-19(18)25-10-4-5-11-25/h6-7,12,18-19H,4-5,8-11,13-14H2,1-3H3/t18-,19-/m0/s1. The quantitative estimate of drug-likeness (QED) is 0.642. The Balaban J connectivity index is 1.74. The van der Waals surface area contributed by atoms with Gasteiger partial charge in [-0.3, -0.25) is 9.69 Å². The van der Waals surface area contributed by atoms with E-state index >= 15 is 0 Å². The summed E-state index contributed by atoms with van der Waals surface area (Å²) in [6, 6.07) is 5.76. The number of hydrogen-bond donors (Lipinski definition) is 0. The maximum Gasteiger partial charge on any atom is 0.227 e. The van der Waals surface area contributed by atoms with E-state index in [1.807, 2.05) is 18.0 Å². The highest BCUT2D eigenvalue weighted by Gasteiger charge is 2.46. The lowest BCUT2D eigenvalue weighted by Gasteiger charge is -2.48. The molecule has 1 heterocycles. The van der Waals surface area contributed by atoms with E-state index < -0.39 is 5.79 Å². The Labute approximate surface area is 177 Å². The third kappa shape index (κ3) is 4.65. The molecule has 0 radical (unpaired) electrons. The second-order valence-corrected chi connectivity index (χ2v) is 8.68. The molecule has 7 heteroatoms. The Hall–Kier alpha value is -0.850. The topological polar surface area (TPSA) is 42.0 Å². The second kappa shape index (κ2) is 9.31. The molecule has 2 aliphatic rings. The maximum absolute atomic E-state index is 13.0. The number of ether oxygens (including phenoxy) is 2. The van der Waals surface area contributed by atoms with Crippen molar-refractivity contribution in [1.82, 2.24) is 9.80 Å². The van der Waals surface area contributed by atoms with Crippen molar-refractivity contribution in [2.45, 2.75) is 56.4 Å². The Morgan fingerprint density at radius 1 is 1.21 bits per heavy atom. The van der Waals surface area contributed by atoms with Gasteiger partial charge in [-0.15, -0.1) is 0 Å². The van der Waals surface area contributed by atoms with Gasteiger partial charge in [-0.05, 0) is 50.0 Å². The zero-order chi connectivity index (χ0) is 20.3. The second-order valence-electron chi connectivity index (χ2n) is 7.87. The van der Waals surface area contributed by atoms with Crippen molar-refractivity contribution in [2.75, 3.05) is 34.4 Å². The predicted molar refractivity (Wildman–Crippen MR) is 112 cm³/mol. The normalized spacial score (nSPS) is 25.0. The number of rotatable bonds is 6. The van der Waals surface area contributed by atoms with Crippen LogP contribution < -0.4 is 0 Å². The number of hydrogen-bond acceptors (Lipinski definition) is 4. The first-order chi connectivity index (χ1) is 13.4. The summed E-state index contributed by atoms with van der Waals surface area (Å²) < 4.78 is 11.5. The van der Waals surface area contributed by atoms with Crippen LogP contribution >= 0.6 is 23.2 Å². The monoisotopic (exact) mass is 428 g/mol. The molecular weight excluding hydrogens is 399 g/mol. The van der Waals surface area contributed by atoms with Gasteiger partial charge >= 0.3 is 0 Å². The van der Waals surface area contributed by atoms with Gasteiger partial charge in [0.2, 0.25) is 5.91 Å². The van der Waals surface area contributed by atoms with Gasteiger partial charge in [0.25, 0.3) is 0 Å². The van der Waals surface area contributed by atoms with Crippen molar-refractivity contribution in [1.29, 1.82) is 0 Å². The minimum atomic E-state index is -0.558. The number of carbonyl (C=O) groups excluding carboxylic acids is 1. The van der Waals surface area contributed by atoms with Gasteiger partial charge in [0.1, 0.15) is 0 Å². The zero-order valence-corrected chi connectivity index (χ0v) is 18.4. The van der Waals surface area contributed by atoms with Gasteiger partial charge in [-0.2, -0.15) is 0 Å². The minimum Gasteiger partial charge on any atom is -0.353 e. The lowest BCUT2D eigenvalue weighted by molar-refractivity contribution is -0.238. The fourth-order valence-electron chi connectivity index (χ4n) is 4.60. The molecule has 0 N–H and O–H groups in total. The summed E-state index contributed by atoms with van der Waals surface area (Å²) >= 11 is 12.1. The van der Waals surface area contributed by atoms with Crippen molar-refractivity contribution in [3.63, 3.8) is 0 Å². The van der Waals surface area contributed by atoms with Crippen LogP contribution in [0.5, 0.6) is 0 Å². The fraction of sp³-hybridized carbons (Fsp3) is 0.667. The van der Waals surface area contributed by atoms with Crippen LogP contribution in [0.3, 0.4) is 0 Å². The molecule has 2 fully saturated rings. The molecule has 1 aromatic carbocycles. The summed E-state index contributed by atoms with van der Waals surface area (Å²) in [7, 11) is 5.34. The number of nitrogens with zero attached hydrogens (tertiary/aromatic N) is 2. The molecule has 1 aliphatic carbocycles. The molecule has 28 heavy (non-hydrogen) atoms. The van der Waals surface area contributed by atoms with Gasteiger partial charge < -0.3 is 14.4 Å². The molecule has 2 atom stereocenters. The molecule has 0 bridgehead atoms. The van der Waals surface area contributed by atoms with Crippen LogP contribution in [0.4, 0.5) is 0 Å². The average Bonchev–Trinajstić information content (AvgIpc) is 3.24. The van der Waals surface area contributed by atoms with Gasteiger partial charge in [0, 0.05) is 46.2 Å². The smallest absolute Gasteiger partial charge is 0.227 e. The number of halogens is 2. The van der Waals surface area contributed by atoms with Crippen LogP contribution in [-0.4, -0.2) is 67.9 Å². The Bertz CT molecular complexity index is 690. The van der Waals surface area contributed by atoms with E-state index in [1.54, 1.807) is 26.4 Å². The van der Waals surface area contributed by atoms with E-state index in [0.29, 0.717) is 16.5 Å². The van der Waals surface area contributed by atoms with Crippen LogP contribution in [0.1, 0.15) is 37.7 Å². The lowest BCUT2D eigenvalue weighted by Crippen LogP contribution is -2.59. The van der Waals surface area contributed by atoms with E-state index in [9.17, 15) is 4.79 Å². The SMILES string of the molecule is COC1(OC)CC[C@H](N(C)C(=O)Cc2ccc(Cl)c(Cl)c2)[C@@H](N2CCCC2)C1. The number of likely N-dealkylation sites (tertiary alicyclic amines) is 1. The van der Waals surface area contributed by atoms with Crippen molar-refractivity contribution in [3.8, 4) is 0 Å². The summed E-state index contributed by atoms with van der Waals surface area (Å²) in [5, 5.41) is 0.982. The van der Waals surface area contributed by atoms with E-state index in [2.05, 4.69) is 4.90 Å². The molecule has 1 saturated carbocycles. The molecule has 0 spiro atoms. The molecule has 156 valence electrons. The van der Waals surface area contributed by atoms with E-state index in [4.69, 9.17) is 32.7 Å². The van der Waals surface area contributed by atoms with Crippen LogP contribution in [0.15, 0.2) is 18.2 Å². The first kappa shape index (κ1) is 21.8. The minimum absolute atomic E-state index is 0.0925.